The number of rotatable bonds is 5. The number of hydrogen-bond acceptors (Lipinski definition) is 5. The maximum absolute atomic E-state index is 12.0. The van der Waals surface area contributed by atoms with Crippen LogP contribution in [0.4, 0.5) is 0 Å². The third-order valence-electron chi connectivity index (χ3n) is 7.70. The highest BCUT2D eigenvalue weighted by Gasteiger charge is 2.62. The molecule has 2 aliphatic carbocycles. The van der Waals surface area contributed by atoms with Gasteiger partial charge in [-0.25, -0.2) is 4.99 Å². The fourth-order valence-corrected chi connectivity index (χ4v) is 6.33. The predicted molar refractivity (Wildman–Crippen MR) is 113 cm³/mol. The van der Waals surface area contributed by atoms with Gasteiger partial charge in [-0.2, -0.15) is 0 Å². The van der Waals surface area contributed by atoms with Crippen LogP contribution in [-0.2, 0) is 9.53 Å². The Bertz CT molecular complexity index is 717. The first-order valence-electron chi connectivity index (χ1n) is 10.4. The molecule has 28 heavy (non-hydrogen) atoms. The Morgan fingerprint density at radius 3 is 2.68 bits per heavy atom. The minimum absolute atomic E-state index is 0.0286. The first-order valence-corrected chi connectivity index (χ1v) is 10.8. The van der Waals surface area contributed by atoms with Crippen molar-refractivity contribution in [2.75, 3.05) is 0 Å². The number of nitrogens with zero attached hydrogens (tertiary/aromatic N) is 1. The summed E-state index contributed by atoms with van der Waals surface area (Å²) in [6.07, 6.45) is 7.99. The number of allylic oxidation sites excluding steroid dienone is 1. The van der Waals surface area contributed by atoms with Crippen LogP contribution in [0.2, 0.25) is 0 Å². The number of fused-ring (bicyclic) bond motifs is 1. The van der Waals surface area contributed by atoms with Crippen LogP contribution in [0, 0.1) is 11.8 Å². The van der Waals surface area contributed by atoms with E-state index in [0.717, 1.165) is 44.9 Å². The van der Waals surface area contributed by atoms with Crippen LogP contribution in [0.3, 0.4) is 0 Å². The molecular formula is C22H34N2O3S. The maximum Gasteiger partial charge on any atom is 0.207 e. The number of aliphatic imine (C=N–C) groups is 1. The molecule has 5 nitrogen and oxygen atoms in total. The summed E-state index contributed by atoms with van der Waals surface area (Å²) in [4.78, 5) is 15.6. The second-order valence-electron chi connectivity index (χ2n) is 10.1. The van der Waals surface area contributed by atoms with Crippen LogP contribution in [0.25, 0.3) is 0 Å². The molecule has 2 N–H and O–H groups in total. The van der Waals surface area contributed by atoms with Crippen LogP contribution >= 0.6 is 12.2 Å². The van der Waals surface area contributed by atoms with Crippen LogP contribution in [-0.4, -0.2) is 45.1 Å². The first-order chi connectivity index (χ1) is 13.0. The number of hydrogen-bond donors (Lipinski definition) is 2. The fraction of sp³-hybridized carbons (Fsp3) is 0.818. The zero-order valence-electron chi connectivity index (χ0n) is 17.7. The van der Waals surface area contributed by atoms with Crippen LogP contribution in [0.15, 0.2) is 16.6 Å². The molecule has 0 bridgehead atoms. The topological polar surface area (TPSA) is 70.9 Å². The highest BCUT2D eigenvalue weighted by atomic mass is 32.1. The van der Waals surface area contributed by atoms with E-state index in [-0.39, 0.29) is 17.9 Å². The molecule has 0 aromatic heterocycles. The van der Waals surface area contributed by atoms with Gasteiger partial charge in [-0.3, -0.25) is 4.79 Å². The van der Waals surface area contributed by atoms with E-state index in [0.29, 0.717) is 0 Å². The summed E-state index contributed by atoms with van der Waals surface area (Å²) in [5, 5.41) is 17.6. The van der Waals surface area contributed by atoms with Gasteiger partial charge in [0, 0.05) is 17.4 Å². The van der Waals surface area contributed by atoms with Gasteiger partial charge in [0.05, 0.1) is 28.0 Å². The number of amides is 1. The number of nitrogens with one attached hydrogen (secondary N) is 1. The Kier molecular flexibility index (Phi) is 5.65. The number of carbonyl (C=O) groups is 1. The summed E-state index contributed by atoms with van der Waals surface area (Å²) in [5.41, 5.74) is -1.06. The van der Waals surface area contributed by atoms with Gasteiger partial charge in [-0.05, 0) is 85.4 Å². The second kappa shape index (κ2) is 7.32. The number of isothiocyanates is 1. The van der Waals surface area contributed by atoms with E-state index in [4.69, 9.17) is 17.0 Å². The van der Waals surface area contributed by atoms with E-state index in [1.807, 2.05) is 13.8 Å². The van der Waals surface area contributed by atoms with Crippen molar-refractivity contribution in [3.8, 4) is 0 Å². The predicted octanol–water partition coefficient (Wildman–Crippen LogP) is 3.81. The van der Waals surface area contributed by atoms with Crippen molar-refractivity contribution in [1.82, 2.24) is 5.32 Å². The molecule has 1 saturated heterocycles. The van der Waals surface area contributed by atoms with E-state index < -0.39 is 22.3 Å². The molecule has 156 valence electrons. The summed E-state index contributed by atoms with van der Waals surface area (Å²) in [6, 6.07) is 0. The van der Waals surface area contributed by atoms with Crippen LogP contribution < -0.4 is 5.32 Å². The molecule has 1 heterocycles. The Morgan fingerprint density at radius 2 is 2.04 bits per heavy atom. The van der Waals surface area contributed by atoms with Crippen molar-refractivity contribution in [1.29, 1.82) is 0 Å². The summed E-state index contributed by atoms with van der Waals surface area (Å²) in [6.45, 7) is 10.3. The van der Waals surface area contributed by atoms with E-state index in [9.17, 15) is 9.90 Å². The average Bonchev–Trinajstić information content (AvgIpc) is 2.98. The first kappa shape index (κ1) is 21.6. The van der Waals surface area contributed by atoms with E-state index in [2.05, 4.69) is 42.3 Å². The van der Waals surface area contributed by atoms with E-state index >= 15 is 0 Å². The third-order valence-corrected chi connectivity index (χ3v) is 7.80. The molecular weight excluding hydrogens is 372 g/mol. The van der Waals surface area contributed by atoms with Crippen LogP contribution in [0.5, 0.6) is 0 Å². The van der Waals surface area contributed by atoms with Crippen LogP contribution in [0.1, 0.15) is 73.1 Å². The zero-order valence-corrected chi connectivity index (χ0v) is 18.6. The number of ether oxygens (including phenoxy) is 1. The molecule has 6 heteroatoms. The van der Waals surface area contributed by atoms with E-state index in [1.54, 1.807) is 0 Å². The van der Waals surface area contributed by atoms with Gasteiger partial charge in [-0.15, -0.1) is 0 Å². The number of aliphatic hydroxyl groups is 1. The molecule has 6 atom stereocenters. The van der Waals surface area contributed by atoms with Gasteiger partial charge < -0.3 is 15.2 Å². The Hall–Kier alpha value is -1.07. The van der Waals surface area contributed by atoms with Gasteiger partial charge in [-0.1, -0.05) is 11.6 Å². The number of thiocarbonyl (C=S) groups is 1. The summed E-state index contributed by atoms with van der Waals surface area (Å²) in [7, 11) is 0. The van der Waals surface area contributed by atoms with Crippen molar-refractivity contribution >= 4 is 23.8 Å². The summed E-state index contributed by atoms with van der Waals surface area (Å²) < 4.78 is 6.62. The van der Waals surface area contributed by atoms with Gasteiger partial charge in [0.25, 0.3) is 0 Å². The van der Waals surface area contributed by atoms with Crippen molar-refractivity contribution in [2.45, 2.75) is 102 Å². The summed E-state index contributed by atoms with van der Waals surface area (Å²) in [5.74, 6) is -0.0573. The minimum atomic E-state index is -0.994. The van der Waals surface area contributed by atoms with Gasteiger partial charge in [0.2, 0.25) is 6.41 Å². The maximum atomic E-state index is 12.0. The molecule has 2 fully saturated rings. The lowest BCUT2D eigenvalue weighted by molar-refractivity contribution is -0.185. The Balaban J connectivity index is 1.95. The lowest BCUT2D eigenvalue weighted by Gasteiger charge is -2.58. The molecule has 0 radical (unpaired) electrons. The molecule has 0 spiro atoms. The average molecular weight is 407 g/mol. The normalized spacial score (nSPS) is 43.5. The Labute approximate surface area is 174 Å². The number of carbonyl (C=O) groups excluding carboxylic acids is 1. The standard InChI is InChI=1S/C22H34N2O3S/c1-15-6-7-16-20(4,23-13-25)10-8-17(22(16,26)12-15)21(5)11-9-18(27-21)19(2,3)24-14-28/h12-13,16-18,26H,6-11H2,1-5H3,(H,23,25)/t16-,17+,18-,20-,21+,22+/m0/s1. The molecule has 0 unspecified atom stereocenters. The molecule has 0 aromatic rings. The lowest BCUT2D eigenvalue weighted by Crippen LogP contribution is -2.67. The molecule has 1 amide bonds. The monoisotopic (exact) mass is 406 g/mol. The molecule has 1 saturated carbocycles. The second-order valence-corrected chi connectivity index (χ2v) is 10.2. The van der Waals surface area contributed by atoms with Gasteiger partial charge in [0.1, 0.15) is 0 Å². The largest absolute Gasteiger partial charge is 0.385 e. The molecule has 3 rings (SSSR count). The molecule has 1 aliphatic heterocycles. The molecule has 3 aliphatic rings. The lowest BCUT2D eigenvalue weighted by atomic mass is 9.53. The third kappa shape index (κ3) is 3.49. The van der Waals surface area contributed by atoms with Crippen molar-refractivity contribution in [2.24, 2.45) is 16.8 Å². The van der Waals surface area contributed by atoms with Gasteiger partial charge in [0.15, 0.2) is 0 Å². The molecule has 0 aromatic carbocycles. The van der Waals surface area contributed by atoms with Crippen molar-refractivity contribution < 1.29 is 14.6 Å². The zero-order chi connectivity index (χ0) is 20.8. The highest BCUT2D eigenvalue weighted by Crippen LogP contribution is 2.56. The smallest absolute Gasteiger partial charge is 0.207 e. The SMILES string of the molecule is CC1=C[C@@]2(O)[C@@H](CC1)[C@@](C)(NC=O)CC[C@@H]2[C@@]1(C)CC[C@@H](C(C)(C)N=C=S)O1. The van der Waals surface area contributed by atoms with Gasteiger partial charge >= 0.3 is 0 Å². The quantitative estimate of drug-likeness (QED) is 0.315. The van der Waals surface area contributed by atoms with Crippen molar-refractivity contribution in [3.05, 3.63) is 11.6 Å². The summed E-state index contributed by atoms with van der Waals surface area (Å²) >= 11 is 4.82. The fourth-order valence-electron chi connectivity index (χ4n) is 6.10. The van der Waals surface area contributed by atoms with Crippen molar-refractivity contribution in [3.63, 3.8) is 0 Å². The minimum Gasteiger partial charge on any atom is -0.385 e. The Morgan fingerprint density at radius 1 is 1.32 bits per heavy atom. The van der Waals surface area contributed by atoms with E-state index in [1.165, 1.54) is 5.57 Å². The highest BCUT2D eigenvalue weighted by molar-refractivity contribution is 7.78.